The number of carbonyl (C=O) groups is 1. The Bertz CT molecular complexity index is 629. The van der Waals surface area contributed by atoms with Crippen molar-refractivity contribution in [1.82, 2.24) is 14.7 Å². The standard InChI is InChI=1S/C21H31N3O/c1-23-14-18(13-22-23)19-5-3-2-4-6-24(19)20(25)21-10-15-7-16(11-21)9-17(8-15)12-21/h13-17,19H,2-12H2,1H3. The van der Waals surface area contributed by atoms with Crippen molar-refractivity contribution in [3.05, 3.63) is 18.0 Å². The molecule has 4 aliphatic carbocycles. The molecule has 25 heavy (non-hydrogen) atoms. The molecule has 2 heterocycles. The average Bonchev–Trinajstić information content (AvgIpc) is 2.86. The number of aryl methyl sites for hydroxylation is 1. The lowest BCUT2D eigenvalue weighted by atomic mass is 9.49. The largest absolute Gasteiger partial charge is 0.335 e. The van der Waals surface area contributed by atoms with Crippen LogP contribution in [-0.4, -0.2) is 27.1 Å². The molecule has 4 heteroatoms. The van der Waals surface area contributed by atoms with E-state index in [1.807, 2.05) is 17.9 Å². The van der Waals surface area contributed by atoms with Gasteiger partial charge in [-0.3, -0.25) is 9.48 Å². The predicted octanol–water partition coefficient (Wildman–Crippen LogP) is 4.08. The zero-order valence-corrected chi connectivity index (χ0v) is 15.5. The summed E-state index contributed by atoms with van der Waals surface area (Å²) in [5.41, 5.74) is 1.22. The minimum Gasteiger partial charge on any atom is -0.335 e. The molecule has 6 rings (SSSR count). The molecule has 1 aliphatic heterocycles. The molecule has 5 fully saturated rings. The van der Waals surface area contributed by atoms with Crippen molar-refractivity contribution in [3.8, 4) is 0 Å². The summed E-state index contributed by atoms with van der Waals surface area (Å²) in [6, 6.07) is 0.247. The molecule has 4 bridgehead atoms. The number of hydrogen-bond acceptors (Lipinski definition) is 2. The highest BCUT2D eigenvalue weighted by Crippen LogP contribution is 2.61. The van der Waals surface area contributed by atoms with Crippen LogP contribution >= 0.6 is 0 Å². The van der Waals surface area contributed by atoms with Gasteiger partial charge < -0.3 is 4.90 Å². The minimum absolute atomic E-state index is 0.0143. The van der Waals surface area contributed by atoms with E-state index in [0.717, 1.165) is 37.1 Å². The maximum Gasteiger partial charge on any atom is 0.229 e. The molecule has 1 amide bonds. The van der Waals surface area contributed by atoms with Crippen molar-refractivity contribution < 1.29 is 4.79 Å². The first kappa shape index (κ1) is 15.9. The van der Waals surface area contributed by atoms with Gasteiger partial charge >= 0.3 is 0 Å². The molecule has 1 aromatic heterocycles. The molecule has 1 atom stereocenters. The van der Waals surface area contributed by atoms with Crippen LogP contribution in [-0.2, 0) is 11.8 Å². The maximum absolute atomic E-state index is 13.9. The van der Waals surface area contributed by atoms with Gasteiger partial charge in [0.15, 0.2) is 0 Å². The lowest BCUT2D eigenvalue weighted by Gasteiger charge is -2.57. The van der Waals surface area contributed by atoms with Gasteiger partial charge in [0, 0.05) is 25.4 Å². The number of likely N-dealkylation sites (tertiary alicyclic amines) is 1. The molecule has 0 spiro atoms. The zero-order chi connectivity index (χ0) is 17.0. The van der Waals surface area contributed by atoms with Gasteiger partial charge in [-0.15, -0.1) is 0 Å². The van der Waals surface area contributed by atoms with Crippen LogP contribution in [0.5, 0.6) is 0 Å². The Kier molecular flexibility index (Phi) is 3.72. The molecule has 0 radical (unpaired) electrons. The SMILES string of the molecule is Cn1cc(C2CCCCCN2C(=O)C23CC4CC(CC(C4)C2)C3)cn1. The summed E-state index contributed by atoms with van der Waals surface area (Å²) in [5.74, 6) is 3.00. The van der Waals surface area contributed by atoms with Gasteiger partial charge in [-0.1, -0.05) is 12.8 Å². The third-order valence-electron chi connectivity index (χ3n) is 7.62. The van der Waals surface area contributed by atoms with Crippen molar-refractivity contribution in [2.24, 2.45) is 30.2 Å². The highest BCUT2D eigenvalue weighted by atomic mass is 16.2. The number of rotatable bonds is 2. The maximum atomic E-state index is 13.9. The van der Waals surface area contributed by atoms with E-state index in [1.54, 1.807) is 0 Å². The molecule has 1 unspecified atom stereocenters. The van der Waals surface area contributed by atoms with E-state index in [1.165, 1.54) is 56.9 Å². The van der Waals surface area contributed by atoms with E-state index in [2.05, 4.69) is 16.2 Å². The van der Waals surface area contributed by atoms with Crippen molar-refractivity contribution in [3.63, 3.8) is 0 Å². The first-order valence-electron chi connectivity index (χ1n) is 10.4. The first-order valence-corrected chi connectivity index (χ1v) is 10.4. The van der Waals surface area contributed by atoms with Crippen molar-refractivity contribution in [2.75, 3.05) is 6.54 Å². The lowest BCUT2D eigenvalue weighted by Crippen LogP contribution is -2.55. The highest BCUT2D eigenvalue weighted by molar-refractivity contribution is 5.84. The van der Waals surface area contributed by atoms with Crippen LogP contribution in [0.4, 0.5) is 0 Å². The first-order chi connectivity index (χ1) is 12.1. The van der Waals surface area contributed by atoms with Gasteiger partial charge in [0.05, 0.1) is 17.7 Å². The van der Waals surface area contributed by atoms with Crippen LogP contribution in [0.3, 0.4) is 0 Å². The highest BCUT2D eigenvalue weighted by Gasteiger charge is 2.56. The Labute approximate surface area is 151 Å². The molecular weight excluding hydrogens is 310 g/mol. The molecule has 0 aromatic carbocycles. The Morgan fingerprint density at radius 2 is 1.76 bits per heavy atom. The normalized spacial score (nSPS) is 40.3. The number of carbonyl (C=O) groups excluding carboxylic acids is 1. The number of nitrogens with zero attached hydrogens (tertiary/aromatic N) is 3. The minimum atomic E-state index is -0.0143. The number of hydrogen-bond donors (Lipinski definition) is 0. The van der Waals surface area contributed by atoms with Gasteiger partial charge in [0.2, 0.25) is 5.91 Å². The summed E-state index contributed by atoms with van der Waals surface area (Å²) in [4.78, 5) is 16.2. The van der Waals surface area contributed by atoms with Crippen LogP contribution in [0.2, 0.25) is 0 Å². The fourth-order valence-corrected chi connectivity index (χ4v) is 6.99. The van der Waals surface area contributed by atoms with Gasteiger partial charge in [-0.05, 0) is 69.1 Å². The number of amides is 1. The summed E-state index contributed by atoms with van der Waals surface area (Å²) in [5, 5.41) is 4.39. The van der Waals surface area contributed by atoms with Crippen molar-refractivity contribution in [2.45, 2.75) is 70.3 Å². The summed E-state index contributed by atoms with van der Waals surface area (Å²) in [6.07, 6.45) is 16.6. The molecule has 4 saturated carbocycles. The average molecular weight is 341 g/mol. The molecule has 136 valence electrons. The van der Waals surface area contributed by atoms with Gasteiger partial charge in [0.25, 0.3) is 0 Å². The Morgan fingerprint density at radius 3 is 2.36 bits per heavy atom. The van der Waals surface area contributed by atoms with Crippen LogP contribution in [0.15, 0.2) is 12.4 Å². The van der Waals surface area contributed by atoms with E-state index in [4.69, 9.17) is 0 Å². The topological polar surface area (TPSA) is 38.1 Å². The lowest BCUT2D eigenvalue weighted by molar-refractivity contribution is -0.160. The summed E-state index contributed by atoms with van der Waals surface area (Å²) < 4.78 is 1.88. The van der Waals surface area contributed by atoms with E-state index in [9.17, 15) is 4.79 Å². The Hall–Kier alpha value is -1.32. The van der Waals surface area contributed by atoms with Crippen molar-refractivity contribution in [1.29, 1.82) is 0 Å². The van der Waals surface area contributed by atoms with E-state index >= 15 is 0 Å². The second-order valence-electron chi connectivity index (χ2n) is 9.51. The predicted molar refractivity (Wildman–Crippen MR) is 96.7 cm³/mol. The molecule has 1 aromatic rings. The Morgan fingerprint density at radius 1 is 1.08 bits per heavy atom. The van der Waals surface area contributed by atoms with E-state index in [0.29, 0.717) is 5.91 Å². The summed E-state index contributed by atoms with van der Waals surface area (Å²) >= 11 is 0. The Balaban J connectivity index is 1.46. The van der Waals surface area contributed by atoms with Crippen LogP contribution < -0.4 is 0 Å². The molecular formula is C21H31N3O. The molecule has 5 aliphatic rings. The smallest absolute Gasteiger partial charge is 0.229 e. The molecule has 4 nitrogen and oxygen atoms in total. The zero-order valence-electron chi connectivity index (χ0n) is 15.5. The number of aromatic nitrogens is 2. The quantitative estimate of drug-likeness (QED) is 0.813. The van der Waals surface area contributed by atoms with Crippen LogP contribution in [0, 0.1) is 23.2 Å². The third kappa shape index (κ3) is 2.63. The van der Waals surface area contributed by atoms with Gasteiger partial charge in [-0.25, -0.2) is 0 Å². The summed E-state index contributed by atoms with van der Waals surface area (Å²) in [7, 11) is 1.98. The monoisotopic (exact) mass is 341 g/mol. The second kappa shape index (κ2) is 5.85. The fourth-order valence-electron chi connectivity index (χ4n) is 6.99. The van der Waals surface area contributed by atoms with Crippen LogP contribution in [0.25, 0.3) is 0 Å². The van der Waals surface area contributed by atoms with E-state index in [-0.39, 0.29) is 11.5 Å². The third-order valence-corrected chi connectivity index (χ3v) is 7.62. The molecule has 1 saturated heterocycles. The summed E-state index contributed by atoms with van der Waals surface area (Å²) in [6.45, 7) is 0.945. The fraction of sp³-hybridized carbons (Fsp3) is 0.810. The molecule has 0 N–H and O–H groups in total. The van der Waals surface area contributed by atoms with Crippen molar-refractivity contribution >= 4 is 5.91 Å². The van der Waals surface area contributed by atoms with Crippen LogP contribution in [0.1, 0.15) is 75.8 Å². The van der Waals surface area contributed by atoms with Gasteiger partial charge in [0.1, 0.15) is 0 Å². The second-order valence-corrected chi connectivity index (χ2v) is 9.51. The van der Waals surface area contributed by atoms with E-state index < -0.39 is 0 Å². The van der Waals surface area contributed by atoms with Gasteiger partial charge in [-0.2, -0.15) is 5.10 Å².